The minimum atomic E-state index is -4.82. The lowest BCUT2D eigenvalue weighted by Crippen LogP contribution is -2.68. The molecule has 1 aromatic rings. The van der Waals surface area contributed by atoms with Gasteiger partial charge in [0, 0.05) is 68.2 Å². The number of hydrogen-bond acceptors (Lipinski definition) is 11. The first-order chi connectivity index (χ1) is 43.3. The lowest BCUT2D eigenvalue weighted by Gasteiger charge is -2.46. The molecule has 93 heavy (non-hydrogen) atoms. The van der Waals surface area contributed by atoms with Crippen molar-refractivity contribution in [2.24, 2.45) is 23.7 Å². The van der Waals surface area contributed by atoms with E-state index in [1.165, 1.54) is 68.9 Å². The van der Waals surface area contributed by atoms with Gasteiger partial charge < -0.3 is 55.1 Å². The van der Waals surface area contributed by atoms with Crippen LogP contribution >= 0.6 is 11.6 Å². The van der Waals surface area contributed by atoms with Crippen LogP contribution in [-0.4, -0.2) is 233 Å². The summed E-state index contributed by atoms with van der Waals surface area (Å²) in [6.45, 7) is 9.28. The van der Waals surface area contributed by atoms with E-state index in [9.17, 15) is 65.9 Å². The molecule has 5 rings (SSSR count). The number of carbonyl (C=O) groups is 11. The number of likely N-dealkylation sites (N-methyl/N-ethyl adjacent to an activating group) is 7. The van der Waals surface area contributed by atoms with Crippen molar-refractivity contribution in [3.63, 3.8) is 0 Å². The highest BCUT2D eigenvalue weighted by Crippen LogP contribution is 2.39. The molecule has 1 spiro atoms. The Balaban J connectivity index is 1.58. The van der Waals surface area contributed by atoms with Crippen LogP contribution in [0.25, 0.3) is 0 Å². The van der Waals surface area contributed by atoms with E-state index >= 15 is 8.78 Å². The van der Waals surface area contributed by atoms with E-state index in [0.29, 0.717) is 24.2 Å². The Hall–Kier alpha value is -6.67. The maximum atomic E-state index is 15.9. The number of hydrogen-bond donors (Lipinski definition) is 3. The summed E-state index contributed by atoms with van der Waals surface area (Å²) in [6.07, 6.45) is -1.35. The van der Waals surface area contributed by atoms with Gasteiger partial charge in [-0.1, -0.05) is 104 Å². The first-order valence-corrected chi connectivity index (χ1v) is 32.9. The highest BCUT2D eigenvalue weighted by atomic mass is 35.5. The average molecular weight is 1340 g/mol. The van der Waals surface area contributed by atoms with Gasteiger partial charge in [-0.3, -0.25) is 52.7 Å². The number of alkyl halides is 5. The van der Waals surface area contributed by atoms with Gasteiger partial charge in [-0.2, -0.15) is 13.2 Å². The molecule has 22 nitrogen and oxygen atoms in total. The van der Waals surface area contributed by atoms with Crippen LogP contribution in [0.15, 0.2) is 18.2 Å². The summed E-state index contributed by atoms with van der Waals surface area (Å²) in [5.41, 5.74) is -2.73. The second-order valence-electron chi connectivity index (χ2n) is 27.1. The lowest BCUT2D eigenvalue weighted by atomic mass is 9.74. The molecule has 1 aromatic carbocycles. The number of rotatable bonds is 11. The largest absolute Gasteiger partial charge is 0.417 e. The Morgan fingerprint density at radius 3 is 1.81 bits per heavy atom. The van der Waals surface area contributed by atoms with Crippen molar-refractivity contribution < 1.29 is 74.7 Å². The topological polar surface area (TPSA) is 250 Å². The number of benzene rings is 1. The summed E-state index contributed by atoms with van der Waals surface area (Å²) >= 11 is 6.06. The fourth-order valence-corrected chi connectivity index (χ4v) is 13.1. The second-order valence-corrected chi connectivity index (χ2v) is 27.5. The highest BCUT2D eigenvalue weighted by Gasteiger charge is 2.55. The first-order valence-electron chi connectivity index (χ1n) is 32.5. The first kappa shape index (κ1) is 77.0. The Kier molecular flexibility index (Phi) is 27.0. The number of nitrogens with one attached hydrogen (secondary N) is 3. The molecular weight excluding hydrogens is 1240 g/mol. The van der Waals surface area contributed by atoms with Crippen LogP contribution in [0.2, 0.25) is 5.02 Å². The van der Waals surface area contributed by atoms with Gasteiger partial charge >= 0.3 is 6.18 Å². The molecule has 0 bridgehead atoms. The SMILES string of the molecule is CC[C@H](C)[C@@H]1NC(=O)[C@H](CC(C)C)N(C)C(=O)C[C@@H](C)N(C)C(=O)[C@H]([C@@H](C)CC)N(C)C(=O)C2(CCC2)NC(=O)C2CC(F)(F)CN2C(=O)[C@H](CCc2ccc(C(F)(F)F)c(Cl)c2)NC(=O)CN(C)C(=O)[C@H](CC2CCCCC2)N(C)C(=O)CN(C)C(=O)CN(C)C1=O. The van der Waals surface area contributed by atoms with Gasteiger partial charge in [-0.15, -0.1) is 0 Å². The van der Waals surface area contributed by atoms with E-state index < -0.39 is 186 Å². The third-order valence-corrected chi connectivity index (χ3v) is 19.9. The van der Waals surface area contributed by atoms with E-state index in [-0.39, 0.29) is 55.9 Å². The molecule has 2 saturated heterocycles. The summed E-state index contributed by atoms with van der Waals surface area (Å²) in [4.78, 5) is 169. The third-order valence-electron chi connectivity index (χ3n) is 19.5. The number of amides is 11. The molecule has 4 aliphatic rings. The van der Waals surface area contributed by atoms with E-state index in [4.69, 9.17) is 11.6 Å². The smallest absolute Gasteiger partial charge is 0.343 e. The zero-order chi connectivity index (χ0) is 69.9. The predicted octanol–water partition coefficient (Wildman–Crippen LogP) is 5.75. The van der Waals surface area contributed by atoms with Crippen molar-refractivity contribution in [3.05, 3.63) is 34.3 Å². The molecule has 28 heteroatoms. The molecule has 522 valence electrons. The van der Waals surface area contributed by atoms with Gasteiger partial charge in [-0.05, 0) is 93.2 Å². The van der Waals surface area contributed by atoms with Crippen molar-refractivity contribution >= 4 is 76.6 Å². The van der Waals surface area contributed by atoms with Crippen LogP contribution in [0, 0.1) is 23.7 Å². The summed E-state index contributed by atoms with van der Waals surface area (Å²) in [5.74, 6) is -13.3. The lowest BCUT2D eigenvalue weighted by molar-refractivity contribution is -0.155. The molecule has 9 atom stereocenters. The average Bonchev–Trinajstić information content (AvgIpc) is 1.76. The molecule has 3 N–H and O–H groups in total. The van der Waals surface area contributed by atoms with E-state index in [1.807, 2.05) is 20.8 Å². The molecule has 1 unspecified atom stereocenters. The van der Waals surface area contributed by atoms with Crippen LogP contribution in [-0.2, 0) is 65.3 Å². The van der Waals surface area contributed by atoms with Crippen LogP contribution in [0.5, 0.6) is 0 Å². The third kappa shape index (κ3) is 19.5. The highest BCUT2D eigenvalue weighted by molar-refractivity contribution is 6.31. The van der Waals surface area contributed by atoms with Gasteiger partial charge in [-0.25, -0.2) is 8.78 Å². The fraction of sp³-hybridized carbons (Fsp3) is 0.738. The van der Waals surface area contributed by atoms with Crippen LogP contribution < -0.4 is 16.0 Å². The van der Waals surface area contributed by atoms with E-state index in [2.05, 4.69) is 16.0 Å². The number of carbonyl (C=O) groups excluding carboxylic acids is 11. The monoisotopic (exact) mass is 1340 g/mol. The van der Waals surface area contributed by atoms with E-state index in [0.717, 1.165) is 65.0 Å². The van der Waals surface area contributed by atoms with Gasteiger partial charge in [0.2, 0.25) is 65.0 Å². The van der Waals surface area contributed by atoms with Crippen LogP contribution in [0.1, 0.15) is 156 Å². The molecule has 2 aliphatic heterocycles. The van der Waals surface area contributed by atoms with Gasteiger partial charge in [0.05, 0.1) is 36.8 Å². The summed E-state index contributed by atoms with van der Waals surface area (Å²) in [7, 11) is 9.68. The predicted molar refractivity (Wildman–Crippen MR) is 337 cm³/mol. The summed E-state index contributed by atoms with van der Waals surface area (Å²) in [6, 6.07) is -6.36. The summed E-state index contributed by atoms with van der Waals surface area (Å²) in [5, 5.41) is 7.40. The number of aryl methyl sites for hydroxylation is 1. The molecule has 2 aliphatic carbocycles. The quantitative estimate of drug-likeness (QED) is 0.225. The number of nitrogens with zero attached hydrogens (tertiary/aromatic N) is 8. The molecule has 11 amide bonds. The minimum absolute atomic E-state index is 0.0182. The van der Waals surface area contributed by atoms with Gasteiger partial charge in [0.15, 0.2) is 0 Å². The van der Waals surface area contributed by atoms with E-state index in [1.54, 1.807) is 27.7 Å². The normalized spacial score (nSPS) is 26.7. The van der Waals surface area contributed by atoms with Crippen LogP contribution in [0.4, 0.5) is 22.0 Å². The number of halogens is 6. The molecule has 0 radical (unpaired) electrons. The second kappa shape index (κ2) is 32.6. The van der Waals surface area contributed by atoms with Crippen molar-refractivity contribution in [2.45, 2.75) is 211 Å². The summed E-state index contributed by atoms with van der Waals surface area (Å²) < 4.78 is 73.1. The Morgan fingerprint density at radius 2 is 1.25 bits per heavy atom. The zero-order valence-electron chi connectivity index (χ0n) is 56.6. The number of fused-ring (bicyclic) bond motifs is 1. The molecule has 4 fully saturated rings. The molecule has 2 saturated carbocycles. The minimum Gasteiger partial charge on any atom is -0.343 e. The fourth-order valence-electron chi connectivity index (χ4n) is 12.8. The zero-order valence-corrected chi connectivity index (χ0v) is 57.3. The van der Waals surface area contributed by atoms with Crippen molar-refractivity contribution in [3.8, 4) is 0 Å². The maximum absolute atomic E-state index is 15.9. The molecular formula is C65H99ClF5N11O11. The van der Waals surface area contributed by atoms with Crippen molar-refractivity contribution in [1.82, 2.24) is 55.1 Å². The Labute approximate surface area is 549 Å². The van der Waals surface area contributed by atoms with Gasteiger partial charge in [0.25, 0.3) is 5.92 Å². The van der Waals surface area contributed by atoms with Gasteiger partial charge in [0.1, 0.15) is 41.8 Å². The van der Waals surface area contributed by atoms with Crippen molar-refractivity contribution in [2.75, 3.05) is 75.5 Å². The van der Waals surface area contributed by atoms with Crippen molar-refractivity contribution in [1.29, 1.82) is 0 Å². The standard InChI is InChI=1S/C65H99ClF5N11O11/c1-15-39(5)54-60(91)77(10)35-52(85)75(8)36-53(86)80(13)48(32-42-21-18-17-19-22-42)59(90)76(9)34-50(83)72-46(26-24-43-23-25-44(45(66)31-43)65(69,70)71)58(89)82-37-64(67,68)33-49(82)57(88)74-63(27-20-28-63)62(93)81(14)55(40(6)16-2)61(92)78(11)41(7)30-51(84)79(12)47(29-38(3)4)56(87)73-54/h23,25,31,38-42,46-49,54-55H,15-22,24,26-30,32-37H2,1-14H3,(H,72,83)(H,73,87)(H,74,88)/t39-,40-,41+,46-,47-,48-,49?,54-,55-/m0/s1. The molecule has 2 heterocycles. The Bertz CT molecular complexity index is 2890. The Morgan fingerprint density at radius 1 is 0.656 bits per heavy atom. The van der Waals surface area contributed by atoms with Crippen LogP contribution in [0.3, 0.4) is 0 Å². The maximum Gasteiger partial charge on any atom is 0.417 e. The molecule has 0 aromatic heterocycles.